The van der Waals surface area contributed by atoms with Gasteiger partial charge in [-0.05, 0) is 43.3 Å². The molecule has 31 heavy (non-hydrogen) atoms. The number of aliphatic imine (C=N–C) groups is 1. The van der Waals surface area contributed by atoms with E-state index < -0.39 is 0 Å². The molecular weight excluding hydrogens is 508 g/mol. The largest absolute Gasteiger partial charge is 0.495 e. The molecule has 6 nitrogen and oxygen atoms in total. The third kappa shape index (κ3) is 7.53. The molecule has 1 unspecified atom stereocenters. The minimum Gasteiger partial charge on any atom is -0.495 e. The third-order valence-corrected chi connectivity index (χ3v) is 5.33. The lowest BCUT2D eigenvalue weighted by molar-refractivity contribution is 0.331. The highest BCUT2D eigenvalue weighted by atomic mass is 127. The average molecular weight is 541 g/mol. The molecule has 0 spiro atoms. The van der Waals surface area contributed by atoms with Gasteiger partial charge < -0.3 is 25.2 Å². The molecular formula is C23H33FIN5O. The first kappa shape index (κ1) is 25.2. The minimum atomic E-state index is -0.200. The molecule has 170 valence electrons. The van der Waals surface area contributed by atoms with Gasteiger partial charge >= 0.3 is 0 Å². The second-order valence-corrected chi connectivity index (χ2v) is 7.61. The van der Waals surface area contributed by atoms with Crippen LogP contribution in [0.2, 0.25) is 0 Å². The molecule has 0 amide bonds. The summed E-state index contributed by atoms with van der Waals surface area (Å²) in [5, 5.41) is 6.92. The molecule has 1 heterocycles. The second-order valence-electron chi connectivity index (χ2n) is 7.61. The maximum Gasteiger partial charge on any atom is 0.191 e. The van der Waals surface area contributed by atoms with E-state index in [1.807, 2.05) is 30.3 Å². The zero-order chi connectivity index (χ0) is 21.3. The average Bonchev–Trinajstić information content (AvgIpc) is 3.23. The predicted octanol–water partition coefficient (Wildman–Crippen LogP) is 3.33. The van der Waals surface area contributed by atoms with Crippen molar-refractivity contribution in [3.05, 3.63) is 59.9 Å². The molecule has 1 aliphatic rings. The van der Waals surface area contributed by atoms with Crippen LogP contribution in [-0.2, 0) is 6.54 Å². The summed E-state index contributed by atoms with van der Waals surface area (Å²) in [6.45, 7) is 4.31. The van der Waals surface area contributed by atoms with Gasteiger partial charge in [0, 0.05) is 45.8 Å². The lowest BCUT2D eigenvalue weighted by Gasteiger charge is -2.22. The molecule has 0 bridgehead atoms. The van der Waals surface area contributed by atoms with Crippen LogP contribution in [0, 0.1) is 5.82 Å². The summed E-state index contributed by atoms with van der Waals surface area (Å²) in [6.07, 6.45) is 1.04. The van der Waals surface area contributed by atoms with Gasteiger partial charge in [-0.25, -0.2) is 4.39 Å². The van der Waals surface area contributed by atoms with Gasteiger partial charge in [0.1, 0.15) is 11.6 Å². The molecule has 2 aromatic carbocycles. The molecule has 8 heteroatoms. The van der Waals surface area contributed by atoms with Crippen molar-refractivity contribution < 1.29 is 9.13 Å². The molecule has 0 aromatic heterocycles. The number of guanidine groups is 1. The van der Waals surface area contributed by atoms with Gasteiger partial charge in [0.05, 0.1) is 12.8 Å². The number of methoxy groups -OCH3 is 1. The number of halogens is 2. The SMILES string of the molecule is CN=C(NCCN(C)Cc1ccc(F)cc1)NC1CCN(c2ccccc2OC)C1.I. The Labute approximate surface area is 201 Å². The molecule has 1 atom stereocenters. The molecule has 1 aliphatic heterocycles. The van der Waals surface area contributed by atoms with Gasteiger partial charge in [0.2, 0.25) is 0 Å². The predicted molar refractivity (Wildman–Crippen MR) is 136 cm³/mol. The van der Waals surface area contributed by atoms with Crippen molar-refractivity contribution >= 4 is 35.6 Å². The molecule has 0 saturated carbocycles. The molecule has 1 fully saturated rings. The summed E-state index contributed by atoms with van der Waals surface area (Å²) in [5.41, 5.74) is 2.23. The van der Waals surface area contributed by atoms with Crippen molar-refractivity contribution in [2.24, 2.45) is 4.99 Å². The Balaban J connectivity index is 0.00000341. The lowest BCUT2D eigenvalue weighted by atomic mass is 10.2. The Bertz CT molecular complexity index is 833. The van der Waals surface area contributed by atoms with Gasteiger partial charge in [-0.3, -0.25) is 4.99 Å². The Morgan fingerprint density at radius 1 is 1.23 bits per heavy atom. The molecule has 2 aromatic rings. The Kier molecular flexibility index (Phi) is 10.3. The summed E-state index contributed by atoms with van der Waals surface area (Å²) < 4.78 is 18.5. The number of hydrogen-bond acceptors (Lipinski definition) is 4. The number of nitrogens with zero attached hydrogens (tertiary/aromatic N) is 3. The third-order valence-electron chi connectivity index (χ3n) is 5.33. The maximum atomic E-state index is 13.0. The zero-order valence-electron chi connectivity index (χ0n) is 18.5. The van der Waals surface area contributed by atoms with E-state index in [2.05, 4.69) is 38.5 Å². The van der Waals surface area contributed by atoms with E-state index >= 15 is 0 Å². The first-order valence-electron chi connectivity index (χ1n) is 10.4. The highest BCUT2D eigenvalue weighted by Crippen LogP contribution is 2.30. The molecule has 0 radical (unpaired) electrons. The topological polar surface area (TPSA) is 52.1 Å². The molecule has 2 N–H and O–H groups in total. The first-order chi connectivity index (χ1) is 14.6. The summed E-state index contributed by atoms with van der Waals surface area (Å²) >= 11 is 0. The van der Waals surface area contributed by atoms with Crippen LogP contribution in [0.1, 0.15) is 12.0 Å². The summed E-state index contributed by atoms with van der Waals surface area (Å²) in [4.78, 5) is 8.91. The summed E-state index contributed by atoms with van der Waals surface area (Å²) in [7, 11) is 5.57. The van der Waals surface area contributed by atoms with Crippen molar-refractivity contribution in [1.29, 1.82) is 0 Å². The number of benzene rings is 2. The van der Waals surface area contributed by atoms with Crippen LogP contribution in [0.4, 0.5) is 10.1 Å². The van der Waals surface area contributed by atoms with E-state index in [9.17, 15) is 4.39 Å². The van der Waals surface area contributed by atoms with Gasteiger partial charge in [0.25, 0.3) is 0 Å². The van der Waals surface area contributed by atoms with Crippen molar-refractivity contribution in [3.8, 4) is 5.75 Å². The fraction of sp³-hybridized carbons (Fsp3) is 0.435. The highest BCUT2D eigenvalue weighted by molar-refractivity contribution is 14.0. The van der Waals surface area contributed by atoms with Crippen LogP contribution in [0.5, 0.6) is 5.75 Å². The van der Waals surface area contributed by atoms with Gasteiger partial charge in [-0.15, -0.1) is 24.0 Å². The van der Waals surface area contributed by atoms with E-state index in [0.717, 1.165) is 62.1 Å². The Morgan fingerprint density at radius 3 is 2.68 bits per heavy atom. The number of rotatable bonds is 8. The van der Waals surface area contributed by atoms with Crippen molar-refractivity contribution in [2.45, 2.75) is 19.0 Å². The Hall–Kier alpha value is -2.07. The van der Waals surface area contributed by atoms with Crippen LogP contribution in [0.25, 0.3) is 0 Å². The van der Waals surface area contributed by atoms with E-state index in [-0.39, 0.29) is 29.8 Å². The van der Waals surface area contributed by atoms with Gasteiger partial charge in [-0.2, -0.15) is 0 Å². The number of nitrogens with one attached hydrogen (secondary N) is 2. The normalized spacial score (nSPS) is 16.2. The standard InChI is InChI=1S/C23H32FN5O.HI/c1-25-23(26-13-15-28(2)16-18-8-10-19(24)11-9-18)27-20-12-14-29(17-20)21-6-4-5-7-22(21)30-3;/h4-11,20H,12-17H2,1-3H3,(H2,25,26,27);1H. The molecule has 3 rings (SSSR count). The molecule has 0 aliphatic carbocycles. The minimum absolute atomic E-state index is 0. The highest BCUT2D eigenvalue weighted by Gasteiger charge is 2.25. The smallest absolute Gasteiger partial charge is 0.191 e. The maximum absolute atomic E-state index is 13.0. The van der Waals surface area contributed by atoms with Crippen LogP contribution < -0.4 is 20.3 Å². The van der Waals surface area contributed by atoms with E-state index in [0.29, 0.717) is 6.04 Å². The number of likely N-dealkylation sites (N-methyl/N-ethyl adjacent to an activating group) is 1. The van der Waals surface area contributed by atoms with Gasteiger partial charge in [-0.1, -0.05) is 24.3 Å². The number of hydrogen-bond donors (Lipinski definition) is 2. The number of para-hydroxylation sites is 2. The summed E-state index contributed by atoms with van der Waals surface area (Å²) in [5.74, 6) is 1.52. The van der Waals surface area contributed by atoms with Crippen LogP contribution in [0.15, 0.2) is 53.5 Å². The quantitative estimate of drug-likeness (QED) is 0.305. The summed E-state index contributed by atoms with van der Waals surface area (Å²) in [6, 6.07) is 15.1. The van der Waals surface area contributed by atoms with E-state index in [4.69, 9.17) is 4.74 Å². The first-order valence-corrected chi connectivity index (χ1v) is 10.4. The van der Waals surface area contributed by atoms with Gasteiger partial charge in [0.15, 0.2) is 5.96 Å². The number of anilines is 1. The van der Waals surface area contributed by atoms with Crippen molar-refractivity contribution in [1.82, 2.24) is 15.5 Å². The fourth-order valence-electron chi connectivity index (χ4n) is 3.72. The molecule has 1 saturated heterocycles. The zero-order valence-corrected chi connectivity index (χ0v) is 20.8. The Morgan fingerprint density at radius 2 is 1.97 bits per heavy atom. The van der Waals surface area contributed by atoms with Crippen molar-refractivity contribution in [3.63, 3.8) is 0 Å². The number of ether oxygens (including phenoxy) is 1. The van der Waals surface area contributed by atoms with Crippen LogP contribution in [0.3, 0.4) is 0 Å². The monoisotopic (exact) mass is 541 g/mol. The fourth-order valence-corrected chi connectivity index (χ4v) is 3.72. The second kappa shape index (κ2) is 12.7. The van der Waals surface area contributed by atoms with Crippen LogP contribution in [-0.4, -0.2) is 64.3 Å². The van der Waals surface area contributed by atoms with E-state index in [1.54, 1.807) is 14.2 Å². The van der Waals surface area contributed by atoms with E-state index in [1.165, 1.54) is 12.1 Å². The van der Waals surface area contributed by atoms with Crippen LogP contribution >= 0.6 is 24.0 Å². The lowest BCUT2D eigenvalue weighted by Crippen LogP contribution is -2.46. The van der Waals surface area contributed by atoms with Crippen molar-refractivity contribution in [2.75, 3.05) is 52.3 Å².